The molecule has 0 radical (unpaired) electrons. The van der Waals surface area contributed by atoms with E-state index in [2.05, 4.69) is 128 Å². The van der Waals surface area contributed by atoms with E-state index < -0.39 is 0 Å². The standard InChI is InChI=1S/C33H26N2/c1-20-17-27(23-13-15-33-29(19-23)25-9-5-7-11-32(25)35(33)3)21(2)16-26(20)22-12-14-31-28(18-22)24-8-4-6-10-30(24)34-31/h4-19,34H,1-3H3. The van der Waals surface area contributed by atoms with Gasteiger partial charge in [0.25, 0.3) is 0 Å². The number of benzene rings is 5. The van der Waals surface area contributed by atoms with Gasteiger partial charge in [0.1, 0.15) is 0 Å². The molecule has 5 aromatic carbocycles. The van der Waals surface area contributed by atoms with Gasteiger partial charge in [0.2, 0.25) is 0 Å². The first-order valence-corrected chi connectivity index (χ1v) is 12.2. The van der Waals surface area contributed by atoms with Crippen molar-refractivity contribution in [3.05, 3.63) is 108 Å². The normalized spacial score (nSPS) is 11.9. The molecule has 35 heavy (non-hydrogen) atoms. The number of fused-ring (bicyclic) bond motifs is 6. The zero-order valence-electron chi connectivity index (χ0n) is 20.2. The van der Waals surface area contributed by atoms with Gasteiger partial charge in [-0.15, -0.1) is 0 Å². The first-order chi connectivity index (χ1) is 17.1. The fourth-order valence-corrected chi connectivity index (χ4v) is 5.79. The number of para-hydroxylation sites is 2. The third kappa shape index (κ3) is 2.96. The van der Waals surface area contributed by atoms with Gasteiger partial charge in [-0.25, -0.2) is 0 Å². The molecule has 168 valence electrons. The Labute approximate surface area is 204 Å². The zero-order chi connectivity index (χ0) is 23.7. The minimum absolute atomic E-state index is 1.18. The predicted molar refractivity (Wildman–Crippen MR) is 150 cm³/mol. The van der Waals surface area contributed by atoms with Crippen LogP contribution in [0.1, 0.15) is 11.1 Å². The molecular weight excluding hydrogens is 424 g/mol. The third-order valence-corrected chi connectivity index (χ3v) is 7.61. The fraction of sp³-hybridized carbons (Fsp3) is 0.0909. The summed E-state index contributed by atoms with van der Waals surface area (Å²) in [6.45, 7) is 4.46. The van der Waals surface area contributed by atoms with Gasteiger partial charge in [0, 0.05) is 50.7 Å². The van der Waals surface area contributed by atoms with Crippen molar-refractivity contribution in [3.63, 3.8) is 0 Å². The van der Waals surface area contributed by atoms with E-state index in [4.69, 9.17) is 0 Å². The number of hydrogen-bond donors (Lipinski definition) is 1. The summed E-state index contributed by atoms with van der Waals surface area (Å²) in [5.41, 5.74) is 12.6. The first kappa shape index (κ1) is 20.1. The lowest BCUT2D eigenvalue weighted by atomic mass is 9.91. The van der Waals surface area contributed by atoms with E-state index in [0.29, 0.717) is 0 Å². The van der Waals surface area contributed by atoms with Crippen LogP contribution in [0, 0.1) is 13.8 Å². The fourth-order valence-electron chi connectivity index (χ4n) is 5.79. The molecule has 7 aromatic rings. The molecule has 0 aliphatic carbocycles. The zero-order valence-corrected chi connectivity index (χ0v) is 20.2. The van der Waals surface area contributed by atoms with Crippen molar-refractivity contribution in [1.29, 1.82) is 0 Å². The summed E-state index contributed by atoms with van der Waals surface area (Å²) in [4.78, 5) is 3.54. The second kappa shape index (κ2) is 7.35. The van der Waals surface area contributed by atoms with Crippen molar-refractivity contribution in [2.75, 3.05) is 0 Å². The number of nitrogens with one attached hydrogen (secondary N) is 1. The maximum Gasteiger partial charge on any atom is 0.0489 e. The van der Waals surface area contributed by atoms with E-state index in [1.807, 2.05) is 0 Å². The molecular formula is C33H26N2. The van der Waals surface area contributed by atoms with E-state index in [9.17, 15) is 0 Å². The Morgan fingerprint density at radius 2 is 1.09 bits per heavy atom. The van der Waals surface area contributed by atoms with Crippen LogP contribution in [0.25, 0.3) is 65.9 Å². The van der Waals surface area contributed by atoms with Crippen molar-refractivity contribution in [2.24, 2.45) is 7.05 Å². The van der Waals surface area contributed by atoms with E-state index in [1.165, 1.54) is 77.0 Å². The molecule has 2 heterocycles. The Balaban J connectivity index is 1.37. The summed E-state index contributed by atoms with van der Waals surface area (Å²) in [5.74, 6) is 0. The molecule has 0 fully saturated rings. The average Bonchev–Trinajstić information content (AvgIpc) is 3.40. The van der Waals surface area contributed by atoms with E-state index >= 15 is 0 Å². The number of nitrogens with zero attached hydrogens (tertiary/aromatic N) is 1. The van der Waals surface area contributed by atoms with E-state index in [1.54, 1.807) is 0 Å². The van der Waals surface area contributed by atoms with Crippen LogP contribution in [0.2, 0.25) is 0 Å². The number of aromatic amines is 1. The Morgan fingerprint density at radius 3 is 1.86 bits per heavy atom. The summed E-state index contributed by atoms with van der Waals surface area (Å²) in [5, 5.41) is 5.18. The molecule has 2 aromatic heterocycles. The molecule has 0 saturated carbocycles. The topological polar surface area (TPSA) is 20.7 Å². The molecule has 0 aliphatic rings. The summed E-state index contributed by atoms with van der Waals surface area (Å²) in [7, 11) is 2.15. The number of aromatic nitrogens is 2. The SMILES string of the molecule is Cc1cc(-c2ccc3c(c2)c2ccccc2n3C)c(C)cc1-c1ccc2[nH]c3ccccc3c2c1. The van der Waals surface area contributed by atoms with Crippen LogP contribution in [0.5, 0.6) is 0 Å². The monoisotopic (exact) mass is 450 g/mol. The predicted octanol–water partition coefficient (Wildman–Crippen LogP) is 8.92. The van der Waals surface area contributed by atoms with Crippen molar-refractivity contribution >= 4 is 43.6 Å². The van der Waals surface area contributed by atoms with Crippen LogP contribution in [0.4, 0.5) is 0 Å². The van der Waals surface area contributed by atoms with Crippen molar-refractivity contribution in [2.45, 2.75) is 13.8 Å². The molecule has 1 N–H and O–H groups in total. The first-order valence-electron chi connectivity index (χ1n) is 12.2. The highest BCUT2D eigenvalue weighted by molar-refractivity contribution is 6.10. The quantitative estimate of drug-likeness (QED) is 0.271. The highest BCUT2D eigenvalue weighted by atomic mass is 14.9. The minimum Gasteiger partial charge on any atom is -0.355 e. The van der Waals surface area contributed by atoms with Crippen LogP contribution >= 0.6 is 0 Å². The second-order valence-electron chi connectivity index (χ2n) is 9.72. The molecule has 2 nitrogen and oxygen atoms in total. The lowest BCUT2D eigenvalue weighted by Gasteiger charge is -2.14. The van der Waals surface area contributed by atoms with Gasteiger partial charge in [-0.1, -0.05) is 60.7 Å². The Hall–Kier alpha value is -4.30. The Bertz CT molecular complexity index is 1930. The number of rotatable bonds is 2. The van der Waals surface area contributed by atoms with E-state index in [0.717, 1.165) is 0 Å². The summed E-state index contributed by atoms with van der Waals surface area (Å²) < 4.78 is 2.29. The average molecular weight is 451 g/mol. The van der Waals surface area contributed by atoms with Gasteiger partial charge in [-0.2, -0.15) is 0 Å². The van der Waals surface area contributed by atoms with Gasteiger partial charge >= 0.3 is 0 Å². The van der Waals surface area contributed by atoms with Crippen LogP contribution in [-0.2, 0) is 7.05 Å². The molecule has 0 bridgehead atoms. The molecule has 0 unspecified atom stereocenters. The van der Waals surface area contributed by atoms with Crippen LogP contribution < -0.4 is 0 Å². The lowest BCUT2D eigenvalue weighted by Crippen LogP contribution is -1.91. The van der Waals surface area contributed by atoms with E-state index in [-0.39, 0.29) is 0 Å². The van der Waals surface area contributed by atoms with Crippen LogP contribution in [0.3, 0.4) is 0 Å². The highest BCUT2D eigenvalue weighted by Crippen LogP contribution is 2.37. The molecule has 0 atom stereocenters. The van der Waals surface area contributed by atoms with Gasteiger partial charge in [-0.3, -0.25) is 0 Å². The minimum atomic E-state index is 1.18. The molecule has 2 heteroatoms. The van der Waals surface area contributed by atoms with Crippen LogP contribution in [0.15, 0.2) is 97.1 Å². The molecule has 0 aliphatic heterocycles. The number of H-pyrrole nitrogens is 1. The summed E-state index contributed by atoms with van der Waals surface area (Å²) in [6.07, 6.45) is 0. The van der Waals surface area contributed by atoms with Gasteiger partial charge in [0.05, 0.1) is 0 Å². The summed E-state index contributed by atoms with van der Waals surface area (Å²) in [6, 6.07) is 35.6. The van der Waals surface area contributed by atoms with Crippen molar-refractivity contribution in [3.8, 4) is 22.3 Å². The second-order valence-corrected chi connectivity index (χ2v) is 9.72. The van der Waals surface area contributed by atoms with Gasteiger partial charge in [-0.05, 0) is 83.6 Å². The molecule has 0 spiro atoms. The summed E-state index contributed by atoms with van der Waals surface area (Å²) >= 11 is 0. The number of hydrogen-bond acceptors (Lipinski definition) is 0. The number of aryl methyl sites for hydroxylation is 3. The van der Waals surface area contributed by atoms with Crippen molar-refractivity contribution in [1.82, 2.24) is 9.55 Å². The smallest absolute Gasteiger partial charge is 0.0489 e. The largest absolute Gasteiger partial charge is 0.355 e. The molecule has 7 rings (SSSR count). The van der Waals surface area contributed by atoms with Crippen LogP contribution in [-0.4, -0.2) is 9.55 Å². The molecule has 0 saturated heterocycles. The van der Waals surface area contributed by atoms with Gasteiger partial charge < -0.3 is 9.55 Å². The molecule has 0 amide bonds. The maximum absolute atomic E-state index is 3.54. The van der Waals surface area contributed by atoms with Crippen molar-refractivity contribution < 1.29 is 0 Å². The third-order valence-electron chi connectivity index (χ3n) is 7.61. The Kier molecular flexibility index (Phi) is 4.22. The highest BCUT2D eigenvalue weighted by Gasteiger charge is 2.13. The maximum atomic E-state index is 3.54. The van der Waals surface area contributed by atoms with Gasteiger partial charge in [0.15, 0.2) is 0 Å². The lowest BCUT2D eigenvalue weighted by molar-refractivity contribution is 1.01. The Morgan fingerprint density at radius 1 is 0.514 bits per heavy atom.